The van der Waals surface area contributed by atoms with Crippen molar-refractivity contribution in [3.05, 3.63) is 45.6 Å². The highest BCUT2D eigenvalue weighted by Crippen LogP contribution is 2.18. The topological polar surface area (TPSA) is 93.7 Å². The van der Waals surface area contributed by atoms with Crippen LogP contribution in [0.4, 0.5) is 4.79 Å². The number of rotatable bonds is 5. The van der Waals surface area contributed by atoms with Gasteiger partial charge < -0.3 is 20.1 Å². The Morgan fingerprint density at radius 2 is 1.92 bits per heavy atom. The van der Waals surface area contributed by atoms with E-state index < -0.39 is 24.0 Å². The zero-order valence-corrected chi connectivity index (χ0v) is 14.8. The number of carbonyl (C=O) groups excluding carboxylic acids is 3. The number of benzene rings is 1. The molecule has 0 saturated carbocycles. The second kappa shape index (κ2) is 7.96. The van der Waals surface area contributed by atoms with Crippen LogP contribution in [0, 0.1) is 0 Å². The van der Waals surface area contributed by atoms with Gasteiger partial charge in [0.05, 0.1) is 29.5 Å². The van der Waals surface area contributed by atoms with Gasteiger partial charge in [-0.15, -0.1) is 0 Å². The maximum Gasteiger partial charge on any atom is 0.339 e. The summed E-state index contributed by atoms with van der Waals surface area (Å²) in [5.41, 5.74) is 0.797. The normalized spacial score (nSPS) is 17.0. The second-order valence-corrected chi connectivity index (χ2v) is 5.84. The standard InChI is InChI=1S/C16H17BrN2O5/c1-3-23-15(21)13-9(2)18-16(22)19-12(13)8-24-14(20)10-6-4-5-7-11(10)17/h4-7,9H,3,8H2,1-2H3,(H2,18,19,22)/t9-/m0/s1. The van der Waals surface area contributed by atoms with E-state index in [2.05, 4.69) is 26.6 Å². The van der Waals surface area contributed by atoms with Crippen molar-refractivity contribution in [1.82, 2.24) is 10.6 Å². The highest BCUT2D eigenvalue weighted by atomic mass is 79.9. The van der Waals surface area contributed by atoms with Crippen LogP contribution in [0.15, 0.2) is 40.0 Å². The molecule has 0 unspecified atom stereocenters. The minimum absolute atomic E-state index is 0.201. The molecule has 0 spiro atoms. The van der Waals surface area contributed by atoms with Gasteiger partial charge in [-0.2, -0.15) is 0 Å². The Kier molecular flexibility index (Phi) is 5.97. The van der Waals surface area contributed by atoms with Crippen molar-refractivity contribution in [2.75, 3.05) is 13.2 Å². The van der Waals surface area contributed by atoms with E-state index in [4.69, 9.17) is 9.47 Å². The van der Waals surface area contributed by atoms with E-state index in [0.717, 1.165) is 0 Å². The fraction of sp³-hybridized carbons (Fsp3) is 0.312. The van der Waals surface area contributed by atoms with Crippen molar-refractivity contribution >= 4 is 33.9 Å². The van der Waals surface area contributed by atoms with Crippen LogP contribution in [0.1, 0.15) is 24.2 Å². The van der Waals surface area contributed by atoms with Crippen LogP contribution in [0.25, 0.3) is 0 Å². The summed E-state index contributed by atoms with van der Waals surface area (Å²) in [6.45, 7) is 3.30. The lowest BCUT2D eigenvalue weighted by atomic mass is 10.0. The summed E-state index contributed by atoms with van der Waals surface area (Å²) in [4.78, 5) is 35.9. The number of amides is 2. The molecule has 1 atom stereocenters. The molecule has 1 heterocycles. The first-order chi connectivity index (χ1) is 11.4. The van der Waals surface area contributed by atoms with Gasteiger partial charge in [0, 0.05) is 4.47 Å². The lowest BCUT2D eigenvalue weighted by Crippen LogP contribution is -2.50. The van der Waals surface area contributed by atoms with Gasteiger partial charge in [-0.3, -0.25) is 0 Å². The van der Waals surface area contributed by atoms with E-state index in [9.17, 15) is 14.4 Å². The number of nitrogens with one attached hydrogen (secondary N) is 2. The minimum atomic E-state index is -0.571. The fourth-order valence-electron chi connectivity index (χ4n) is 2.24. The quantitative estimate of drug-likeness (QED) is 0.743. The molecule has 8 heteroatoms. The van der Waals surface area contributed by atoms with Crippen molar-refractivity contribution in [1.29, 1.82) is 0 Å². The van der Waals surface area contributed by atoms with E-state index in [1.165, 1.54) is 0 Å². The summed E-state index contributed by atoms with van der Waals surface area (Å²) < 4.78 is 10.8. The van der Waals surface area contributed by atoms with Gasteiger partial charge in [0.1, 0.15) is 6.61 Å². The Hall–Kier alpha value is -2.35. The molecule has 1 aliphatic heterocycles. The highest BCUT2D eigenvalue weighted by molar-refractivity contribution is 9.10. The number of esters is 2. The molecule has 2 N–H and O–H groups in total. The average molecular weight is 397 g/mol. The second-order valence-electron chi connectivity index (χ2n) is 4.99. The molecule has 7 nitrogen and oxygen atoms in total. The summed E-state index contributed by atoms with van der Waals surface area (Å²) in [5.74, 6) is -1.14. The molecule has 0 bridgehead atoms. The Labute approximate surface area is 147 Å². The van der Waals surface area contributed by atoms with E-state index in [1.807, 2.05) is 0 Å². The zero-order valence-electron chi connectivity index (χ0n) is 13.2. The largest absolute Gasteiger partial charge is 0.463 e. The van der Waals surface area contributed by atoms with Crippen molar-refractivity contribution < 1.29 is 23.9 Å². The summed E-state index contributed by atoms with van der Waals surface area (Å²) in [7, 11) is 0. The molecule has 0 saturated heterocycles. The molecule has 0 aliphatic carbocycles. The summed E-state index contributed by atoms with van der Waals surface area (Å²) in [6, 6.07) is 5.79. The van der Waals surface area contributed by atoms with E-state index in [-0.39, 0.29) is 24.5 Å². The predicted molar refractivity (Wildman–Crippen MR) is 89.2 cm³/mol. The highest BCUT2D eigenvalue weighted by Gasteiger charge is 2.30. The lowest BCUT2D eigenvalue weighted by Gasteiger charge is -2.26. The molecule has 1 aromatic rings. The first-order valence-electron chi connectivity index (χ1n) is 7.33. The van der Waals surface area contributed by atoms with Gasteiger partial charge in [-0.1, -0.05) is 12.1 Å². The fourth-order valence-corrected chi connectivity index (χ4v) is 2.68. The molecule has 2 amide bonds. The number of halogens is 1. The SMILES string of the molecule is CCOC(=O)C1=C(COC(=O)c2ccccc2Br)NC(=O)N[C@H]1C. The molecule has 0 fully saturated rings. The van der Waals surface area contributed by atoms with Crippen molar-refractivity contribution in [3.8, 4) is 0 Å². The Balaban J connectivity index is 2.19. The molecule has 24 heavy (non-hydrogen) atoms. The molecular weight excluding hydrogens is 380 g/mol. The monoisotopic (exact) mass is 396 g/mol. The van der Waals surface area contributed by atoms with Gasteiger partial charge in [0.25, 0.3) is 0 Å². The number of urea groups is 1. The number of ether oxygens (including phenoxy) is 2. The lowest BCUT2D eigenvalue weighted by molar-refractivity contribution is -0.139. The van der Waals surface area contributed by atoms with Crippen molar-refractivity contribution in [2.24, 2.45) is 0 Å². The van der Waals surface area contributed by atoms with E-state index in [0.29, 0.717) is 10.0 Å². The number of hydrogen-bond acceptors (Lipinski definition) is 5. The molecule has 128 valence electrons. The first kappa shape index (κ1) is 18.0. The van der Waals surface area contributed by atoms with Crippen molar-refractivity contribution in [3.63, 3.8) is 0 Å². The first-order valence-corrected chi connectivity index (χ1v) is 8.12. The Morgan fingerprint density at radius 1 is 1.21 bits per heavy atom. The zero-order chi connectivity index (χ0) is 17.7. The van der Waals surface area contributed by atoms with Gasteiger partial charge >= 0.3 is 18.0 Å². The van der Waals surface area contributed by atoms with Gasteiger partial charge in [-0.25, -0.2) is 14.4 Å². The smallest absolute Gasteiger partial charge is 0.339 e. The van der Waals surface area contributed by atoms with Crippen molar-refractivity contribution in [2.45, 2.75) is 19.9 Å². The van der Waals surface area contributed by atoms with Crippen LogP contribution in [0.2, 0.25) is 0 Å². The maximum absolute atomic E-state index is 12.2. The third-order valence-corrected chi connectivity index (χ3v) is 4.00. The third-order valence-electron chi connectivity index (χ3n) is 3.31. The molecule has 1 aliphatic rings. The predicted octanol–water partition coefficient (Wildman–Crippen LogP) is 2.12. The molecule has 0 radical (unpaired) electrons. The van der Waals surface area contributed by atoms with E-state index in [1.54, 1.807) is 38.1 Å². The van der Waals surface area contributed by atoms with Gasteiger partial charge in [0.2, 0.25) is 0 Å². The van der Waals surface area contributed by atoms with Crippen LogP contribution < -0.4 is 10.6 Å². The average Bonchev–Trinajstić information content (AvgIpc) is 2.52. The number of carbonyl (C=O) groups is 3. The Morgan fingerprint density at radius 3 is 2.58 bits per heavy atom. The maximum atomic E-state index is 12.2. The summed E-state index contributed by atoms with van der Waals surface area (Å²) in [5, 5.41) is 5.07. The minimum Gasteiger partial charge on any atom is -0.463 e. The molecule has 1 aromatic carbocycles. The molecular formula is C16H17BrN2O5. The summed E-state index contributed by atoms with van der Waals surface area (Å²) >= 11 is 3.27. The number of hydrogen-bond donors (Lipinski definition) is 2. The molecule has 2 rings (SSSR count). The third kappa shape index (κ3) is 4.14. The van der Waals surface area contributed by atoms with Gasteiger partial charge in [0.15, 0.2) is 0 Å². The van der Waals surface area contributed by atoms with Crippen LogP contribution >= 0.6 is 15.9 Å². The van der Waals surface area contributed by atoms with E-state index >= 15 is 0 Å². The Bertz CT molecular complexity index is 701. The van der Waals surface area contributed by atoms with Crippen LogP contribution in [0.5, 0.6) is 0 Å². The van der Waals surface area contributed by atoms with Crippen LogP contribution in [0.3, 0.4) is 0 Å². The molecule has 0 aromatic heterocycles. The summed E-state index contributed by atoms with van der Waals surface area (Å²) in [6.07, 6.45) is 0. The van der Waals surface area contributed by atoms with Crippen LogP contribution in [-0.4, -0.2) is 37.2 Å². The van der Waals surface area contributed by atoms with Gasteiger partial charge in [-0.05, 0) is 41.9 Å². The van der Waals surface area contributed by atoms with Crippen LogP contribution in [-0.2, 0) is 14.3 Å².